The van der Waals surface area contributed by atoms with E-state index in [4.69, 9.17) is 0 Å². The molecule has 5 nitrogen and oxygen atoms in total. The number of fused-ring (bicyclic) bond motifs is 1. The fourth-order valence-corrected chi connectivity index (χ4v) is 2.87. The molecule has 6 heteroatoms. The normalized spacial score (nSPS) is 10.9. The van der Waals surface area contributed by atoms with Crippen LogP contribution >= 0.6 is 11.8 Å². The highest BCUT2D eigenvalue weighted by molar-refractivity contribution is 7.98. The van der Waals surface area contributed by atoms with Gasteiger partial charge in [0.2, 0.25) is 0 Å². The summed E-state index contributed by atoms with van der Waals surface area (Å²) in [6, 6.07) is 10.7. The van der Waals surface area contributed by atoms with Crippen LogP contribution < -0.4 is 10.3 Å². The molecule has 106 valence electrons. The molecule has 0 aliphatic heterocycles. The molecule has 2 heterocycles. The van der Waals surface area contributed by atoms with Crippen LogP contribution in [0.2, 0.25) is 0 Å². The highest BCUT2D eigenvalue weighted by Gasteiger charge is 2.09. The Balaban J connectivity index is 1.93. The van der Waals surface area contributed by atoms with E-state index in [0.29, 0.717) is 27.5 Å². The number of aryl methyl sites for hydroxylation is 1. The van der Waals surface area contributed by atoms with Gasteiger partial charge in [0.25, 0.3) is 10.6 Å². The van der Waals surface area contributed by atoms with Crippen molar-refractivity contribution in [3.8, 4) is 0 Å². The molecular weight excluding hydrogens is 286 g/mol. The average Bonchev–Trinajstić information content (AvgIpc) is 2.48. The van der Waals surface area contributed by atoms with Crippen LogP contribution in [0.1, 0.15) is 11.4 Å². The van der Waals surface area contributed by atoms with Crippen molar-refractivity contribution in [2.24, 2.45) is 0 Å². The summed E-state index contributed by atoms with van der Waals surface area (Å²) in [6.07, 6.45) is 1.45. The Morgan fingerprint density at radius 2 is 2.14 bits per heavy atom. The largest absolute Gasteiger partial charge is 0.618 e. The summed E-state index contributed by atoms with van der Waals surface area (Å²) in [5.74, 6) is 1.00. The van der Waals surface area contributed by atoms with Gasteiger partial charge in [-0.25, -0.2) is 4.98 Å². The molecule has 0 aliphatic rings. The topological polar surface area (TPSA) is 72.7 Å². The van der Waals surface area contributed by atoms with Gasteiger partial charge >= 0.3 is 0 Å². The van der Waals surface area contributed by atoms with Crippen molar-refractivity contribution in [2.75, 3.05) is 0 Å². The number of nitrogens with one attached hydrogen (secondary N) is 1. The second-order valence-electron chi connectivity index (χ2n) is 4.64. The molecule has 0 unspecified atom stereocenters. The van der Waals surface area contributed by atoms with Gasteiger partial charge in [0.05, 0.1) is 16.7 Å². The second kappa shape index (κ2) is 5.57. The number of thioether (sulfide) groups is 1. The number of aromatic amines is 1. The number of hydrogen-bond acceptors (Lipinski definition) is 4. The zero-order chi connectivity index (χ0) is 14.8. The molecule has 0 saturated carbocycles. The van der Waals surface area contributed by atoms with Gasteiger partial charge in [0.1, 0.15) is 5.82 Å². The molecule has 0 radical (unpaired) electrons. The molecule has 0 atom stereocenters. The predicted octanol–water partition coefficient (Wildman–Crippen LogP) is 2.16. The van der Waals surface area contributed by atoms with Crippen LogP contribution in [0.3, 0.4) is 0 Å². The van der Waals surface area contributed by atoms with Crippen molar-refractivity contribution in [2.45, 2.75) is 17.7 Å². The van der Waals surface area contributed by atoms with E-state index >= 15 is 0 Å². The van der Waals surface area contributed by atoms with E-state index in [0.717, 1.165) is 10.3 Å². The lowest BCUT2D eigenvalue weighted by Crippen LogP contribution is -2.27. The van der Waals surface area contributed by atoms with Crippen LogP contribution in [0.5, 0.6) is 0 Å². The minimum absolute atomic E-state index is 0.151. The minimum atomic E-state index is -0.151. The van der Waals surface area contributed by atoms with E-state index in [2.05, 4.69) is 9.97 Å². The first-order valence-corrected chi connectivity index (χ1v) is 7.43. The van der Waals surface area contributed by atoms with Gasteiger partial charge in [0.15, 0.2) is 6.20 Å². The maximum Gasteiger partial charge on any atom is 0.258 e. The summed E-state index contributed by atoms with van der Waals surface area (Å²) >= 11 is 1.34. The fourth-order valence-electron chi connectivity index (χ4n) is 2.09. The van der Waals surface area contributed by atoms with Crippen LogP contribution in [0.25, 0.3) is 10.9 Å². The molecule has 0 fully saturated rings. The molecule has 0 spiro atoms. The van der Waals surface area contributed by atoms with Gasteiger partial charge in [-0.1, -0.05) is 12.1 Å². The summed E-state index contributed by atoms with van der Waals surface area (Å²) in [5, 5.41) is 12.7. The summed E-state index contributed by atoms with van der Waals surface area (Å²) in [6.45, 7) is 1.93. The zero-order valence-electron chi connectivity index (χ0n) is 11.4. The van der Waals surface area contributed by atoms with Crippen molar-refractivity contribution < 1.29 is 4.73 Å². The van der Waals surface area contributed by atoms with Crippen molar-refractivity contribution >= 4 is 22.7 Å². The van der Waals surface area contributed by atoms with Crippen LogP contribution in [-0.4, -0.2) is 9.97 Å². The fraction of sp³-hybridized carbons (Fsp3) is 0.133. The summed E-state index contributed by atoms with van der Waals surface area (Å²) in [4.78, 5) is 19.3. The molecule has 2 aromatic heterocycles. The third-order valence-corrected chi connectivity index (χ3v) is 4.16. The molecule has 0 saturated heterocycles. The number of aromatic nitrogens is 3. The average molecular weight is 299 g/mol. The minimum Gasteiger partial charge on any atom is -0.618 e. The number of para-hydroxylation sites is 1. The SMILES string of the molecule is Cc1cccc2c(=O)[nH]c(CSc3cccc[n+]3[O-])nc12. The smallest absolute Gasteiger partial charge is 0.258 e. The van der Waals surface area contributed by atoms with Crippen molar-refractivity contribution in [3.63, 3.8) is 0 Å². The Labute approximate surface area is 125 Å². The number of nitrogens with zero attached hydrogens (tertiary/aromatic N) is 2. The first-order chi connectivity index (χ1) is 10.1. The van der Waals surface area contributed by atoms with Gasteiger partial charge in [-0.2, -0.15) is 4.73 Å². The molecule has 3 rings (SSSR count). The maximum absolute atomic E-state index is 12.1. The molecular formula is C15H13N3O2S. The lowest BCUT2D eigenvalue weighted by Gasteiger charge is -2.05. The summed E-state index contributed by atoms with van der Waals surface area (Å²) in [7, 11) is 0. The maximum atomic E-state index is 12.1. The van der Waals surface area contributed by atoms with E-state index in [-0.39, 0.29) is 5.56 Å². The highest BCUT2D eigenvalue weighted by Crippen LogP contribution is 2.18. The first kappa shape index (κ1) is 13.6. The summed E-state index contributed by atoms with van der Waals surface area (Å²) in [5.41, 5.74) is 1.52. The highest BCUT2D eigenvalue weighted by atomic mass is 32.2. The Bertz CT molecular complexity index is 861. The molecule has 3 aromatic rings. The van der Waals surface area contributed by atoms with Crippen molar-refractivity contribution in [1.82, 2.24) is 9.97 Å². The Kier molecular flexibility index (Phi) is 3.62. The quantitative estimate of drug-likeness (QED) is 0.457. The number of hydrogen-bond donors (Lipinski definition) is 1. The molecule has 1 N–H and O–H groups in total. The first-order valence-electron chi connectivity index (χ1n) is 6.44. The number of benzene rings is 1. The van der Waals surface area contributed by atoms with Gasteiger partial charge in [-0.15, -0.1) is 0 Å². The van der Waals surface area contributed by atoms with Crippen molar-refractivity contribution in [3.05, 3.63) is 69.5 Å². The number of H-pyrrole nitrogens is 1. The number of pyridine rings is 1. The van der Waals surface area contributed by atoms with Crippen LogP contribution in [0.4, 0.5) is 0 Å². The molecule has 0 amide bonds. The Morgan fingerprint density at radius 3 is 2.95 bits per heavy atom. The van der Waals surface area contributed by atoms with Crippen LogP contribution in [0, 0.1) is 12.1 Å². The van der Waals surface area contributed by atoms with E-state index in [1.54, 1.807) is 24.3 Å². The van der Waals surface area contributed by atoms with Crippen LogP contribution in [-0.2, 0) is 5.75 Å². The van der Waals surface area contributed by atoms with Gasteiger partial charge in [0, 0.05) is 12.1 Å². The van der Waals surface area contributed by atoms with Gasteiger partial charge in [-0.05, 0) is 36.4 Å². The second-order valence-corrected chi connectivity index (χ2v) is 5.63. The van der Waals surface area contributed by atoms with E-state index in [9.17, 15) is 10.0 Å². The Morgan fingerprint density at radius 1 is 1.29 bits per heavy atom. The summed E-state index contributed by atoms with van der Waals surface area (Å²) < 4.78 is 0.801. The number of rotatable bonds is 3. The predicted molar refractivity (Wildman–Crippen MR) is 82.1 cm³/mol. The van der Waals surface area contributed by atoms with Crippen LogP contribution in [0.15, 0.2) is 52.4 Å². The molecule has 21 heavy (non-hydrogen) atoms. The lowest BCUT2D eigenvalue weighted by atomic mass is 10.1. The van der Waals surface area contributed by atoms with E-state index in [1.807, 2.05) is 19.1 Å². The van der Waals surface area contributed by atoms with E-state index in [1.165, 1.54) is 18.0 Å². The lowest BCUT2D eigenvalue weighted by molar-refractivity contribution is -0.645. The monoisotopic (exact) mass is 299 g/mol. The zero-order valence-corrected chi connectivity index (χ0v) is 12.2. The molecule has 1 aromatic carbocycles. The van der Waals surface area contributed by atoms with Gasteiger partial charge in [-0.3, -0.25) is 4.79 Å². The molecule has 0 bridgehead atoms. The Hall–Kier alpha value is -2.34. The standard InChI is InChI=1S/C15H13N3O2S/c1-10-5-4-6-11-14(10)16-12(17-15(11)19)9-21-13-7-2-3-8-18(13)20/h2-8H,9H2,1H3,(H,16,17,19). The van der Waals surface area contributed by atoms with Crippen molar-refractivity contribution in [1.29, 1.82) is 0 Å². The molecule has 0 aliphatic carbocycles. The third kappa shape index (κ3) is 2.75. The van der Waals surface area contributed by atoms with E-state index < -0.39 is 0 Å². The third-order valence-electron chi connectivity index (χ3n) is 3.13. The van der Waals surface area contributed by atoms with Gasteiger partial charge < -0.3 is 10.2 Å².